The van der Waals surface area contributed by atoms with Crippen LogP contribution in [-0.2, 0) is 17.6 Å². The van der Waals surface area contributed by atoms with Gasteiger partial charge in [-0.15, -0.1) is 0 Å². The van der Waals surface area contributed by atoms with Crippen LogP contribution in [0.5, 0.6) is 0 Å². The topological polar surface area (TPSA) is 69.9 Å². The van der Waals surface area contributed by atoms with E-state index < -0.39 is 11.7 Å². The number of allylic oxidation sites excluding steroid dienone is 1. The van der Waals surface area contributed by atoms with E-state index in [0.717, 1.165) is 31.3 Å². The Morgan fingerprint density at radius 2 is 1.85 bits per heavy atom. The van der Waals surface area contributed by atoms with Gasteiger partial charge in [0.05, 0.1) is 24.4 Å². The average Bonchev–Trinajstić information content (AvgIpc) is 2.66. The fourth-order valence-corrected chi connectivity index (χ4v) is 4.13. The van der Waals surface area contributed by atoms with Gasteiger partial charge in [-0.25, -0.2) is 0 Å². The van der Waals surface area contributed by atoms with E-state index >= 15 is 0 Å². The quantitative estimate of drug-likeness (QED) is 0.579. The minimum Gasteiger partial charge on any atom is -0.393 e. The standard InChI is InChI=1S/C23H36O4/c1-5-20(27-4)11-10-17-6-8-18(9-7-17)13-19-12-16(2)22(25)14-21(19)23(3,26)15-24/h6-9,12,19-22,24-26H,5,10-11,13-15H2,1-4H3/t19-,20+,21-,22-,23-/m0/s1. The molecule has 0 saturated heterocycles. The van der Waals surface area contributed by atoms with Crippen LogP contribution in [0.3, 0.4) is 0 Å². The summed E-state index contributed by atoms with van der Waals surface area (Å²) in [6.07, 6.45) is 6.17. The van der Waals surface area contributed by atoms with Crippen molar-refractivity contribution in [2.45, 2.75) is 70.7 Å². The first-order chi connectivity index (χ1) is 12.8. The molecule has 0 heterocycles. The fourth-order valence-electron chi connectivity index (χ4n) is 4.13. The van der Waals surface area contributed by atoms with Crippen molar-refractivity contribution >= 4 is 0 Å². The van der Waals surface area contributed by atoms with E-state index in [2.05, 4.69) is 37.3 Å². The van der Waals surface area contributed by atoms with Crippen molar-refractivity contribution in [2.24, 2.45) is 11.8 Å². The predicted octanol–water partition coefficient (Wildman–Crippen LogP) is 3.27. The molecule has 0 radical (unpaired) electrons. The molecule has 0 saturated carbocycles. The number of methoxy groups -OCH3 is 1. The third-order valence-corrected chi connectivity index (χ3v) is 6.15. The fraction of sp³-hybridized carbons (Fsp3) is 0.652. The SMILES string of the molecule is CC[C@H](CCc1ccc(C[C@@H]2C=C(C)[C@@H](O)C[C@@H]2[C@@](C)(O)CO)cc1)OC. The molecule has 0 fully saturated rings. The first-order valence-electron chi connectivity index (χ1n) is 10.1. The van der Waals surface area contributed by atoms with Crippen molar-refractivity contribution in [1.82, 2.24) is 0 Å². The van der Waals surface area contributed by atoms with Gasteiger partial charge in [-0.3, -0.25) is 0 Å². The third kappa shape index (κ3) is 5.89. The smallest absolute Gasteiger partial charge is 0.0884 e. The maximum absolute atomic E-state index is 10.6. The number of ether oxygens (including phenoxy) is 1. The van der Waals surface area contributed by atoms with Crippen molar-refractivity contribution in [1.29, 1.82) is 0 Å². The lowest BCUT2D eigenvalue weighted by Gasteiger charge is -2.40. The molecule has 152 valence electrons. The van der Waals surface area contributed by atoms with Crippen molar-refractivity contribution in [3.63, 3.8) is 0 Å². The summed E-state index contributed by atoms with van der Waals surface area (Å²) in [5.41, 5.74) is 2.27. The van der Waals surface area contributed by atoms with Crippen LogP contribution in [-0.4, -0.2) is 46.8 Å². The second kappa shape index (κ2) is 9.83. The number of hydrogen-bond acceptors (Lipinski definition) is 4. The van der Waals surface area contributed by atoms with Gasteiger partial charge in [0.15, 0.2) is 0 Å². The van der Waals surface area contributed by atoms with E-state index in [0.29, 0.717) is 12.5 Å². The van der Waals surface area contributed by atoms with Crippen molar-refractivity contribution in [3.8, 4) is 0 Å². The molecule has 0 spiro atoms. The highest BCUT2D eigenvalue weighted by Gasteiger charge is 2.40. The van der Waals surface area contributed by atoms with Gasteiger partial charge in [0.2, 0.25) is 0 Å². The minimum absolute atomic E-state index is 0.0966. The normalized spacial score (nSPS) is 26.3. The highest BCUT2D eigenvalue weighted by molar-refractivity contribution is 5.25. The van der Waals surface area contributed by atoms with Gasteiger partial charge in [-0.05, 0) is 74.5 Å². The number of aliphatic hydroxyl groups excluding tert-OH is 2. The molecule has 5 atom stereocenters. The Kier molecular flexibility index (Phi) is 8.04. The first kappa shape index (κ1) is 22.1. The van der Waals surface area contributed by atoms with Crippen LogP contribution in [0.15, 0.2) is 35.9 Å². The van der Waals surface area contributed by atoms with Gasteiger partial charge in [-0.1, -0.05) is 37.3 Å². The molecule has 4 nitrogen and oxygen atoms in total. The van der Waals surface area contributed by atoms with Crippen molar-refractivity contribution < 1.29 is 20.1 Å². The van der Waals surface area contributed by atoms with Crippen LogP contribution in [0.1, 0.15) is 51.2 Å². The minimum atomic E-state index is -1.20. The molecule has 1 aromatic carbocycles. The van der Waals surface area contributed by atoms with E-state index in [1.807, 2.05) is 6.92 Å². The summed E-state index contributed by atoms with van der Waals surface area (Å²) in [6.45, 7) is 5.44. The Balaban J connectivity index is 2.07. The molecule has 4 heteroatoms. The van der Waals surface area contributed by atoms with Gasteiger partial charge in [-0.2, -0.15) is 0 Å². The molecule has 1 aliphatic rings. The Hall–Kier alpha value is -1.20. The van der Waals surface area contributed by atoms with Crippen LogP contribution in [0.4, 0.5) is 0 Å². The van der Waals surface area contributed by atoms with E-state index in [4.69, 9.17) is 4.74 Å². The van der Waals surface area contributed by atoms with Gasteiger partial charge in [0, 0.05) is 7.11 Å². The van der Waals surface area contributed by atoms with Gasteiger partial charge >= 0.3 is 0 Å². The van der Waals surface area contributed by atoms with Crippen LogP contribution >= 0.6 is 0 Å². The molecule has 3 N–H and O–H groups in total. The number of rotatable bonds is 9. The monoisotopic (exact) mass is 376 g/mol. The van der Waals surface area contributed by atoms with Gasteiger partial charge < -0.3 is 20.1 Å². The lowest BCUT2D eigenvalue weighted by atomic mass is 9.69. The lowest BCUT2D eigenvalue weighted by molar-refractivity contribution is -0.0755. The van der Waals surface area contributed by atoms with Gasteiger partial charge in [0.25, 0.3) is 0 Å². The maximum atomic E-state index is 10.6. The van der Waals surface area contributed by atoms with Crippen molar-refractivity contribution in [3.05, 3.63) is 47.0 Å². The molecule has 0 unspecified atom stereocenters. The van der Waals surface area contributed by atoms with Crippen LogP contribution < -0.4 is 0 Å². The summed E-state index contributed by atoms with van der Waals surface area (Å²) in [5, 5.41) is 30.4. The molecule has 0 bridgehead atoms. The second-order valence-electron chi connectivity index (χ2n) is 8.27. The first-order valence-corrected chi connectivity index (χ1v) is 10.1. The summed E-state index contributed by atoms with van der Waals surface area (Å²) in [4.78, 5) is 0. The molecule has 1 aliphatic carbocycles. The van der Waals surface area contributed by atoms with Crippen LogP contribution in [0, 0.1) is 11.8 Å². The number of aryl methyl sites for hydroxylation is 1. The van der Waals surface area contributed by atoms with Crippen molar-refractivity contribution in [2.75, 3.05) is 13.7 Å². The summed E-state index contributed by atoms with van der Waals surface area (Å²) in [7, 11) is 1.77. The summed E-state index contributed by atoms with van der Waals surface area (Å²) < 4.78 is 5.45. The molecule has 0 amide bonds. The average molecular weight is 377 g/mol. The second-order valence-corrected chi connectivity index (χ2v) is 8.27. The molecule has 0 aromatic heterocycles. The highest BCUT2D eigenvalue weighted by atomic mass is 16.5. The number of aliphatic hydroxyl groups is 3. The molecule has 1 aromatic rings. The Morgan fingerprint density at radius 1 is 1.22 bits per heavy atom. The number of benzene rings is 1. The predicted molar refractivity (Wildman–Crippen MR) is 109 cm³/mol. The molecule has 27 heavy (non-hydrogen) atoms. The molecular formula is C23H36O4. The maximum Gasteiger partial charge on any atom is 0.0884 e. The molecule has 0 aliphatic heterocycles. The summed E-state index contributed by atoms with van der Waals surface area (Å²) in [6, 6.07) is 8.65. The summed E-state index contributed by atoms with van der Waals surface area (Å²) >= 11 is 0. The Bertz CT molecular complexity index is 601. The van der Waals surface area contributed by atoms with E-state index in [9.17, 15) is 15.3 Å². The molecular weight excluding hydrogens is 340 g/mol. The van der Waals surface area contributed by atoms with Crippen LogP contribution in [0.25, 0.3) is 0 Å². The largest absolute Gasteiger partial charge is 0.393 e. The zero-order valence-electron chi connectivity index (χ0n) is 17.2. The zero-order chi connectivity index (χ0) is 20.0. The lowest BCUT2D eigenvalue weighted by Crippen LogP contribution is -2.46. The summed E-state index contributed by atoms with van der Waals surface area (Å²) in [5.74, 6) is -0.0766. The van der Waals surface area contributed by atoms with Gasteiger partial charge in [0.1, 0.15) is 0 Å². The molecule has 2 rings (SSSR count). The number of hydrogen-bond donors (Lipinski definition) is 3. The highest BCUT2D eigenvalue weighted by Crippen LogP contribution is 2.38. The third-order valence-electron chi connectivity index (χ3n) is 6.15. The van der Waals surface area contributed by atoms with E-state index in [1.165, 1.54) is 11.1 Å². The Morgan fingerprint density at radius 3 is 2.41 bits per heavy atom. The Labute approximate surface area is 163 Å². The zero-order valence-corrected chi connectivity index (χ0v) is 17.2. The van der Waals surface area contributed by atoms with E-state index in [1.54, 1.807) is 14.0 Å². The van der Waals surface area contributed by atoms with E-state index in [-0.39, 0.29) is 18.4 Å². The van der Waals surface area contributed by atoms with Crippen LogP contribution in [0.2, 0.25) is 0 Å².